The van der Waals surface area contributed by atoms with Crippen LogP contribution in [0, 0.1) is 6.92 Å². The molecule has 0 saturated heterocycles. The average Bonchev–Trinajstić information content (AvgIpc) is 2.50. The number of sulfonamides is 1. The first-order valence-electron chi connectivity index (χ1n) is 7.27. The van der Waals surface area contributed by atoms with Crippen LogP contribution in [0.2, 0.25) is 0 Å². The second-order valence-corrected chi connectivity index (χ2v) is 6.74. The van der Waals surface area contributed by atoms with Crippen molar-refractivity contribution in [3.8, 4) is 0 Å². The molecule has 1 N–H and O–H groups in total. The Hall–Kier alpha value is -1.70. The van der Waals surface area contributed by atoms with Crippen LogP contribution < -0.4 is 4.72 Å². The van der Waals surface area contributed by atoms with Crippen molar-refractivity contribution in [2.24, 2.45) is 0 Å². The second-order valence-electron chi connectivity index (χ2n) is 5.03. The summed E-state index contributed by atoms with van der Waals surface area (Å²) in [5.41, 5.74) is 0.977. The zero-order valence-electron chi connectivity index (χ0n) is 13.8. The normalized spacial score (nSPS) is 14.6. The number of carbonyl (C=O) groups is 1. The molecule has 6 nitrogen and oxygen atoms in total. The summed E-state index contributed by atoms with van der Waals surface area (Å²) in [5.74, 6) is -0.525. The van der Waals surface area contributed by atoms with Crippen LogP contribution in [0.1, 0.15) is 19.4 Å². The Bertz CT molecular complexity index is 637. The van der Waals surface area contributed by atoms with E-state index in [1.54, 1.807) is 38.1 Å². The Labute approximate surface area is 137 Å². The van der Waals surface area contributed by atoms with Crippen molar-refractivity contribution in [1.82, 2.24) is 4.72 Å². The van der Waals surface area contributed by atoms with Crippen molar-refractivity contribution < 1.29 is 22.7 Å². The van der Waals surface area contributed by atoms with Gasteiger partial charge in [-0.15, -0.1) is 0 Å². The van der Waals surface area contributed by atoms with Crippen molar-refractivity contribution >= 4 is 16.0 Å². The molecule has 128 valence electrons. The van der Waals surface area contributed by atoms with Gasteiger partial charge in [-0.2, -0.15) is 0 Å². The molecule has 0 aliphatic carbocycles. The van der Waals surface area contributed by atoms with Gasteiger partial charge in [0, 0.05) is 18.7 Å². The summed E-state index contributed by atoms with van der Waals surface area (Å²) in [6.45, 7) is 5.73. The molecule has 0 heterocycles. The van der Waals surface area contributed by atoms with Crippen LogP contribution in [0.5, 0.6) is 0 Å². The van der Waals surface area contributed by atoms with E-state index >= 15 is 0 Å². The lowest BCUT2D eigenvalue weighted by Crippen LogP contribution is -2.41. The monoisotopic (exact) mass is 341 g/mol. The molecule has 0 aliphatic rings. The maximum Gasteiger partial charge on any atom is 0.330 e. The number of hydrogen-bond acceptors (Lipinski definition) is 5. The molecule has 0 aromatic heterocycles. The summed E-state index contributed by atoms with van der Waals surface area (Å²) in [4.78, 5) is 11.4. The molecular formula is C16H23NO5S. The predicted molar refractivity (Wildman–Crippen MR) is 87.5 cm³/mol. The molecule has 1 aromatic carbocycles. The quantitative estimate of drug-likeness (QED) is 0.576. The van der Waals surface area contributed by atoms with Crippen LogP contribution in [-0.4, -0.2) is 40.2 Å². The summed E-state index contributed by atoms with van der Waals surface area (Å²) in [7, 11) is -2.39. The highest BCUT2D eigenvalue weighted by atomic mass is 32.2. The number of methoxy groups -OCH3 is 1. The largest absolute Gasteiger partial charge is 0.466 e. The number of ether oxygens (including phenoxy) is 2. The van der Waals surface area contributed by atoms with Gasteiger partial charge in [-0.1, -0.05) is 17.7 Å². The van der Waals surface area contributed by atoms with E-state index < -0.39 is 28.1 Å². The highest BCUT2D eigenvalue weighted by molar-refractivity contribution is 7.89. The molecule has 2 atom stereocenters. The third-order valence-electron chi connectivity index (χ3n) is 3.15. The van der Waals surface area contributed by atoms with E-state index in [0.29, 0.717) is 6.61 Å². The van der Waals surface area contributed by atoms with Gasteiger partial charge in [0.25, 0.3) is 0 Å². The Balaban J connectivity index is 2.88. The molecule has 0 fully saturated rings. The smallest absolute Gasteiger partial charge is 0.330 e. The van der Waals surface area contributed by atoms with Gasteiger partial charge in [-0.25, -0.2) is 17.9 Å². The highest BCUT2D eigenvalue weighted by Gasteiger charge is 2.22. The van der Waals surface area contributed by atoms with Crippen LogP contribution in [-0.2, 0) is 24.3 Å². The second kappa shape index (κ2) is 8.81. The minimum Gasteiger partial charge on any atom is -0.466 e. The number of carbonyl (C=O) groups excluding carboxylic acids is 1. The first kappa shape index (κ1) is 19.3. The zero-order chi connectivity index (χ0) is 17.5. The van der Waals surface area contributed by atoms with Gasteiger partial charge in [-0.3, -0.25) is 0 Å². The third kappa shape index (κ3) is 6.13. The Morgan fingerprint density at radius 2 is 1.91 bits per heavy atom. The van der Waals surface area contributed by atoms with Crippen molar-refractivity contribution in [1.29, 1.82) is 0 Å². The fourth-order valence-corrected chi connectivity index (χ4v) is 3.15. The fourth-order valence-electron chi connectivity index (χ4n) is 1.90. The minimum atomic E-state index is -3.66. The number of esters is 1. The first-order chi connectivity index (χ1) is 10.8. The van der Waals surface area contributed by atoms with E-state index in [2.05, 4.69) is 9.46 Å². The van der Waals surface area contributed by atoms with Gasteiger partial charge in [0.05, 0.1) is 18.1 Å². The minimum absolute atomic E-state index is 0.183. The van der Waals surface area contributed by atoms with Crippen LogP contribution >= 0.6 is 0 Å². The Morgan fingerprint density at radius 1 is 1.30 bits per heavy atom. The van der Waals surface area contributed by atoms with Crippen molar-refractivity contribution in [2.75, 3.05) is 13.7 Å². The van der Waals surface area contributed by atoms with Crippen LogP contribution in [0.15, 0.2) is 41.3 Å². The summed E-state index contributed by atoms with van der Waals surface area (Å²) in [6.07, 6.45) is 2.12. The number of aryl methyl sites for hydroxylation is 1. The Kier molecular flexibility index (Phi) is 7.41. The van der Waals surface area contributed by atoms with Gasteiger partial charge in [0.1, 0.15) is 0 Å². The average molecular weight is 341 g/mol. The molecule has 0 saturated carbocycles. The van der Waals surface area contributed by atoms with E-state index in [4.69, 9.17) is 4.74 Å². The van der Waals surface area contributed by atoms with Gasteiger partial charge in [-0.05, 0) is 39.0 Å². The fraction of sp³-hybridized carbons (Fsp3) is 0.438. The van der Waals surface area contributed by atoms with E-state index in [-0.39, 0.29) is 4.90 Å². The van der Waals surface area contributed by atoms with E-state index in [1.807, 2.05) is 6.92 Å². The van der Waals surface area contributed by atoms with Gasteiger partial charge in [0.2, 0.25) is 10.0 Å². The number of benzene rings is 1. The maximum atomic E-state index is 12.4. The van der Waals surface area contributed by atoms with Gasteiger partial charge < -0.3 is 9.47 Å². The lowest BCUT2D eigenvalue weighted by molar-refractivity contribution is -0.134. The van der Waals surface area contributed by atoms with Gasteiger partial charge >= 0.3 is 5.97 Å². The van der Waals surface area contributed by atoms with Crippen LogP contribution in [0.4, 0.5) is 0 Å². The number of rotatable bonds is 8. The molecule has 0 amide bonds. The highest BCUT2D eigenvalue weighted by Crippen LogP contribution is 2.12. The molecule has 1 rings (SSSR count). The van der Waals surface area contributed by atoms with Crippen molar-refractivity contribution in [2.45, 2.75) is 37.8 Å². The molecule has 23 heavy (non-hydrogen) atoms. The topological polar surface area (TPSA) is 81.7 Å². The van der Waals surface area contributed by atoms with E-state index in [1.165, 1.54) is 19.3 Å². The molecule has 7 heteroatoms. The Morgan fingerprint density at radius 3 is 2.43 bits per heavy atom. The first-order valence-corrected chi connectivity index (χ1v) is 8.75. The molecule has 0 spiro atoms. The van der Waals surface area contributed by atoms with E-state index in [9.17, 15) is 13.2 Å². The summed E-state index contributed by atoms with van der Waals surface area (Å²) in [5, 5.41) is 0. The third-order valence-corrected chi connectivity index (χ3v) is 4.72. The summed E-state index contributed by atoms with van der Waals surface area (Å²) >= 11 is 0. The zero-order valence-corrected chi connectivity index (χ0v) is 14.6. The molecule has 0 bridgehead atoms. The molecule has 0 unspecified atom stereocenters. The lowest BCUT2D eigenvalue weighted by atomic mass is 10.2. The molecular weight excluding hydrogens is 318 g/mol. The van der Waals surface area contributed by atoms with Crippen molar-refractivity contribution in [3.63, 3.8) is 0 Å². The number of nitrogens with one attached hydrogen (secondary N) is 1. The van der Waals surface area contributed by atoms with Crippen molar-refractivity contribution in [3.05, 3.63) is 42.0 Å². The van der Waals surface area contributed by atoms with E-state index in [0.717, 1.165) is 5.56 Å². The molecule has 1 aromatic rings. The van der Waals surface area contributed by atoms with Crippen LogP contribution in [0.3, 0.4) is 0 Å². The summed E-state index contributed by atoms with van der Waals surface area (Å²) < 4.78 is 37.3. The lowest BCUT2D eigenvalue weighted by Gasteiger charge is -2.22. The number of hydrogen-bond donors (Lipinski definition) is 1. The standard InChI is InChI=1S/C16H23NO5S/c1-5-22-15(10-11-16(18)21-4)13(3)17-23(19,20)14-8-6-12(2)7-9-14/h6-11,13,15,17H,5H2,1-4H3/b11-10+/t13-,15-/m0/s1. The molecule has 0 radical (unpaired) electrons. The SMILES string of the molecule is CCO[C@@H](/C=C/C(=O)OC)[C@H](C)NS(=O)(=O)c1ccc(C)cc1. The predicted octanol–water partition coefficient (Wildman–Crippen LogP) is 1.80. The van der Waals surface area contributed by atoms with Gasteiger partial charge in [0.15, 0.2) is 0 Å². The van der Waals surface area contributed by atoms with Crippen LogP contribution in [0.25, 0.3) is 0 Å². The maximum absolute atomic E-state index is 12.4. The molecule has 0 aliphatic heterocycles. The summed E-state index contributed by atoms with van der Waals surface area (Å²) in [6, 6.07) is 6.00.